The molecule has 0 bridgehead atoms. The molecular weight excluding hydrogens is 192 g/mol. The van der Waals surface area contributed by atoms with Crippen LogP contribution < -0.4 is 0 Å². The van der Waals surface area contributed by atoms with Gasteiger partial charge in [0.15, 0.2) is 0 Å². The average molecular weight is 203 g/mol. The van der Waals surface area contributed by atoms with Crippen LogP contribution in [0, 0.1) is 28.1 Å². The Labute approximate surface area is 83.0 Å². The maximum Gasteiger partial charge on any atom is 0.130 e. The molecule has 0 saturated carbocycles. The number of rotatable bonds is 2. The number of thiocarbonyl (C=S) groups is 1. The maximum absolute atomic E-state index is 8.67. The summed E-state index contributed by atoms with van der Waals surface area (Å²) in [6, 6.07) is 1.91. The van der Waals surface area contributed by atoms with Crippen molar-refractivity contribution in [2.75, 3.05) is 0 Å². The zero-order valence-electron chi connectivity index (χ0n) is 7.31. The molecule has 0 radical (unpaired) electrons. The summed E-state index contributed by atoms with van der Waals surface area (Å²) in [6.07, 6.45) is 0. The zero-order chi connectivity index (χ0) is 9.94. The molecule has 0 aromatic carbocycles. The second-order valence-electron chi connectivity index (χ2n) is 3.53. The first-order valence-corrected chi connectivity index (χ1v) is 4.27. The van der Waals surface area contributed by atoms with Crippen molar-refractivity contribution in [3.63, 3.8) is 0 Å². The molecule has 1 N–H and O–H groups in total. The predicted octanol–water partition coefficient (Wildman–Crippen LogP) is 2.76. The number of nitrogens with zero attached hydrogens (tertiary/aromatic N) is 1. The van der Waals surface area contributed by atoms with Gasteiger partial charge < -0.3 is 5.41 Å². The standard InChI is InChI=1S/C8H11ClN2S/c1-8(2,3)6(11)5(4-10)7(9)12/h5,11H,1-3H3. The fraction of sp³-hybridized carbons (Fsp3) is 0.625. The topological polar surface area (TPSA) is 47.6 Å². The Balaban J connectivity index is 4.70. The molecule has 0 amide bonds. The van der Waals surface area contributed by atoms with Crippen LogP contribution in [0.5, 0.6) is 0 Å². The molecule has 1 atom stereocenters. The van der Waals surface area contributed by atoms with Crippen molar-refractivity contribution in [2.45, 2.75) is 20.8 Å². The third-order valence-electron chi connectivity index (χ3n) is 1.45. The molecule has 0 aromatic rings. The summed E-state index contributed by atoms with van der Waals surface area (Å²) in [5.74, 6) is -0.735. The van der Waals surface area contributed by atoms with Gasteiger partial charge in [-0.05, 0) is 0 Å². The van der Waals surface area contributed by atoms with Crippen LogP contribution in [0.15, 0.2) is 0 Å². The van der Waals surface area contributed by atoms with Crippen LogP contribution in [0.3, 0.4) is 0 Å². The number of nitrogens with one attached hydrogen (secondary N) is 1. The fourth-order valence-electron chi connectivity index (χ4n) is 0.662. The molecule has 0 spiro atoms. The summed E-state index contributed by atoms with van der Waals surface area (Å²) in [5, 5.41) is 16.3. The molecule has 0 heterocycles. The lowest BCUT2D eigenvalue weighted by Gasteiger charge is -2.22. The Morgan fingerprint density at radius 1 is 1.58 bits per heavy atom. The van der Waals surface area contributed by atoms with Crippen molar-refractivity contribution in [1.82, 2.24) is 0 Å². The second kappa shape index (κ2) is 3.97. The van der Waals surface area contributed by atoms with Gasteiger partial charge >= 0.3 is 0 Å². The Hall–Kier alpha value is -0.460. The van der Waals surface area contributed by atoms with E-state index >= 15 is 0 Å². The van der Waals surface area contributed by atoms with Gasteiger partial charge in [0.2, 0.25) is 0 Å². The van der Waals surface area contributed by atoms with E-state index in [0.717, 1.165) is 0 Å². The summed E-state index contributed by atoms with van der Waals surface area (Å²) in [5.41, 5.74) is -0.0794. The lowest BCUT2D eigenvalue weighted by molar-refractivity contribution is 0.572. The first kappa shape index (κ1) is 11.5. The molecule has 2 nitrogen and oxygen atoms in total. The highest BCUT2D eigenvalue weighted by Gasteiger charge is 2.27. The quantitative estimate of drug-likeness (QED) is 0.425. The Morgan fingerprint density at radius 3 is 2.08 bits per heavy atom. The van der Waals surface area contributed by atoms with Crippen molar-refractivity contribution >= 4 is 33.9 Å². The number of hydrogen-bond donors (Lipinski definition) is 1. The molecule has 0 aliphatic rings. The van der Waals surface area contributed by atoms with Crippen molar-refractivity contribution in [3.8, 4) is 6.07 Å². The van der Waals surface area contributed by atoms with Crippen molar-refractivity contribution in [1.29, 1.82) is 10.7 Å². The largest absolute Gasteiger partial charge is 0.307 e. The number of halogens is 1. The first-order valence-electron chi connectivity index (χ1n) is 3.48. The lowest BCUT2D eigenvalue weighted by atomic mass is 9.83. The molecule has 1 unspecified atom stereocenters. The molecule has 0 fully saturated rings. The van der Waals surface area contributed by atoms with Gasteiger partial charge in [-0.3, -0.25) is 0 Å². The molecule has 0 aliphatic heterocycles. The van der Waals surface area contributed by atoms with E-state index in [-0.39, 0.29) is 15.5 Å². The summed E-state index contributed by atoms with van der Waals surface area (Å²) in [6.45, 7) is 5.57. The van der Waals surface area contributed by atoms with Gasteiger partial charge in [-0.2, -0.15) is 5.26 Å². The number of hydrogen-bond acceptors (Lipinski definition) is 3. The third kappa shape index (κ3) is 2.88. The molecule has 4 heteroatoms. The van der Waals surface area contributed by atoms with Gasteiger partial charge in [-0.15, -0.1) is 0 Å². The summed E-state index contributed by atoms with van der Waals surface area (Å²) in [7, 11) is 0. The van der Waals surface area contributed by atoms with Crippen LogP contribution in [0.25, 0.3) is 0 Å². The monoisotopic (exact) mass is 202 g/mol. The van der Waals surface area contributed by atoms with Gasteiger partial charge in [0.25, 0.3) is 0 Å². The molecule has 0 rings (SSSR count). The molecule has 0 aliphatic carbocycles. The van der Waals surface area contributed by atoms with Crippen molar-refractivity contribution in [3.05, 3.63) is 0 Å². The maximum atomic E-state index is 8.67. The van der Waals surface area contributed by atoms with E-state index in [1.54, 1.807) is 0 Å². The lowest BCUT2D eigenvalue weighted by Crippen LogP contribution is -2.29. The van der Waals surface area contributed by atoms with Crippen LogP contribution in [-0.4, -0.2) is 10.0 Å². The van der Waals surface area contributed by atoms with Gasteiger partial charge in [-0.1, -0.05) is 44.6 Å². The Morgan fingerprint density at radius 2 is 2.00 bits per heavy atom. The van der Waals surface area contributed by atoms with Crippen molar-refractivity contribution in [2.24, 2.45) is 11.3 Å². The SMILES string of the molecule is CC(C)(C)C(=N)C(C#N)C(=S)Cl. The van der Waals surface area contributed by atoms with E-state index in [1.165, 1.54) is 0 Å². The highest BCUT2D eigenvalue weighted by atomic mass is 35.5. The van der Waals surface area contributed by atoms with E-state index in [4.69, 9.17) is 22.3 Å². The molecule has 0 saturated heterocycles. The fourth-order valence-corrected chi connectivity index (χ4v) is 0.990. The molecule has 0 aromatic heterocycles. The van der Waals surface area contributed by atoms with Crippen LogP contribution in [0.4, 0.5) is 0 Å². The first-order chi connectivity index (χ1) is 5.30. The van der Waals surface area contributed by atoms with E-state index in [2.05, 4.69) is 12.2 Å². The summed E-state index contributed by atoms with van der Waals surface area (Å²) < 4.78 is 0.0532. The second-order valence-corrected chi connectivity index (χ2v) is 4.60. The van der Waals surface area contributed by atoms with Gasteiger partial charge in [0, 0.05) is 11.1 Å². The van der Waals surface area contributed by atoms with E-state index < -0.39 is 5.92 Å². The van der Waals surface area contributed by atoms with Crippen LogP contribution >= 0.6 is 23.8 Å². The summed E-state index contributed by atoms with van der Waals surface area (Å²) in [4.78, 5) is 0. The van der Waals surface area contributed by atoms with Crippen molar-refractivity contribution < 1.29 is 0 Å². The minimum Gasteiger partial charge on any atom is -0.307 e. The zero-order valence-corrected chi connectivity index (χ0v) is 8.88. The minimum absolute atomic E-state index is 0.0532. The molecule has 66 valence electrons. The van der Waals surface area contributed by atoms with Gasteiger partial charge in [0.1, 0.15) is 10.2 Å². The predicted molar refractivity (Wildman–Crippen MR) is 54.7 cm³/mol. The Bertz CT molecular complexity index is 247. The minimum atomic E-state index is -0.735. The normalized spacial score (nSPS) is 13.2. The third-order valence-corrected chi connectivity index (χ3v) is 1.91. The highest BCUT2D eigenvalue weighted by Crippen LogP contribution is 2.22. The average Bonchev–Trinajstić information content (AvgIpc) is 1.86. The Kier molecular flexibility index (Phi) is 3.82. The van der Waals surface area contributed by atoms with Crippen LogP contribution in [0.1, 0.15) is 20.8 Å². The highest BCUT2D eigenvalue weighted by molar-refractivity contribution is 7.83. The molecule has 12 heavy (non-hydrogen) atoms. The van der Waals surface area contributed by atoms with E-state index in [0.29, 0.717) is 0 Å². The smallest absolute Gasteiger partial charge is 0.130 e. The number of nitriles is 1. The van der Waals surface area contributed by atoms with E-state index in [9.17, 15) is 0 Å². The van der Waals surface area contributed by atoms with Crippen LogP contribution in [0.2, 0.25) is 0 Å². The van der Waals surface area contributed by atoms with Gasteiger partial charge in [-0.25, -0.2) is 0 Å². The van der Waals surface area contributed by atoms with Crippen LogP contribution in [-0.2, 0) is 0 Å². The summed E-state index contributed by atoms with van der Waals surface area (Å²) >= 11 is 10.2. The molecular formula is C8H11ClN2S. The van der Waals surface area contributed by atoms with Gasteiger partial charge in [0.05, 0.1) is 6.07 Å². The van der Waals surface area contributed by atoms with E-state index in [1.807, 2.05) is 26.8 Å².